The van der Waals surface area contributed by atoms with Gasteiger partial charge in [-0.15, -0.1) is 0 Å². The van der Waals surface area contributed by atoms with E-state index in [2.05, 4.69) is 36.8 Å². The lowest BCUT2D eigenvalue weighted by Gasteiger charge is -2.43. The molecule has 0 atom stereocenters. The van der Waals surface area contributed by atoms with Crippen molar-refractivity contribution in [2.45, 2.75) is 53.4 Å². The van der Waals surface area contributed by atoms with Gasteiger partial charge in [-0.3, -0.25) is 9.13 Å². The molecule has 19 heavy (non-hydrogen) atoms. The molecule has 0 saturated carbocycles. The van der Waals surface area contributed by atoms with Crippen LogP contribution in [0, 0.1) is 0 Å². The van der Waals surface area contributed by atoms with Gasteiger partial charge < -0.3 is 8.85 Å². The number of hydrogen-bond acceptors (Lipinski definition) is 4. The molecule has 0 bridgehead atoms. The Morgan fingerprint density at radius 3 is 1.32 bits per heavy atom. The third-order valence-electron chi connectivity index (χ3n) is 3.66. The molecule has 116 valence electrons. The summed E-state index contributed by atoms with van der Waals surface area (Å²) in [6, 6.07) is 0. The van der Waals surface area contributed by atoms with Crippen molar-refractivity contribution < 1.29 is 8.85 Å². The van der Waals surface area contributed by atoms with E-state index >= 15 is 0 Å². The zero-order valence-corrected chi connectivity index (χ0v) is 14.9. The molecule has 0 aliphatic carbocycles. The number of unbranched alkanes of at least 4 members (excludes halogenated alkanes) is 2. The molecule has 0 aromatic carbocycles. The molecule has 0 radical (unpaired) electrons. The second-order valence-corrected chi connectivity index (χ2v) is 8.00. The summed E-state index contributed by atoms with van der Waals surface area (Å²) < 4.78 is 16.8. The van der Waals surface area contributed by atoms with Crippen LogP contribution in [0.1, 0.15) is 53.4 Å². The van der Waals surface area contributed by atoms with E-state index in [0.29, 0.717) is 0 Å². The highest BCUT2D eigenvalue weighted by molar-refractivity contribution is 6.61. The van der Waals surface area contributed by atoms with Crippen LogP contribution in [-0.4, -0.2) is 58.4 Å². The molecule has 0 saturated heterocycles. The minimum absolute atomic E-state index is 0.983. The summed E-state index contributed by atoms with van der Waals surface area (Å²) in [6.07, 6.45) is 4.80. The Hall–Kier alpha value is 0.0569. The third-order valence-corrected chi connectivity index (χ3v) is 7.40. The molecular weight excluding hydrogens is 256 g/mol. The highest BCUT2D eigenvalue weighted by Gasteiger charge is 2.48. The van der Waals surface area contributed by atoms with Crippen LogP contribution >= 0.6 is 0 Å². The van der Waals surface area contributed by atoms with Crippen molar-refractivity contribution >= 4 is 8.88 Å². The molecule has 0 aromatic rings. The van der Waals surface area contributed by atoms with Crippen LogP contribution in [0.15, 0.2) is 0 Å². The second-order valence-electron chi connectivity index (χ2n) is 4.82. The number of rotatable bonds is 12. The van der Waals surface area contributed by atoms with E-state index in [-0.39, 0.29) is 0 Å². The van der Waals surface area contributed by atoms with Gasteiger partial charge in [-0.1, -0.05) is 40.5 Å². The van der Waals surface area contributed by atoms with Crippen molar-refractivity contribution in [2.24, 2.45) is 0 Å². The highest BCUT2D eigenvalue weighted by Crippen LogP contribution is 2.19. The van der Waals surface area contributed by atoms with Crippen molar-refractivity contribution in [3.8, 4) is 0 Å². The fourth-order valence-electron chi connectivity index (χ4n) is 2.50. The van der Waals surface area contributed by atoms with Crippen molar-refractivity contribution in [1.29, 1.82) is 0 Å². The van der Waals surface area contributed by atoms with Crippen LogP contribution in [-0.2, 0) is 8.85 Å². The van der Waals surface area contributed by atoms with Gasteiger partial charge in [0.05, 0.1) is 0 Å². The minimum Gasteiger partial charge on any atom is -0.374 e. The van der Waals surface area contributed by atoms with Gasteiger partial charge in [0.2, 0.25) is 0 Å². The molecule has 4 nitrogen and oxygen atoms in total. The first kappa shape index (κ1) is 19.1. The molecule has 0 aliphatic rings. The van der Waals surface area contributed by atoms with Crippen molar-refractivity contribution in [3.63, 3.8) is 0 Å². The Bertz CT molecular complexity index is 196. The molecular formula is C14H34N2O2Si. The summed E-state index contributed by atoms with van der Waals surface area (Å²) >= 11 is 0. The standard InChI is InChI=1S/C14H34N2O2Si/c1-7-11-13-15(9-3)19(17-5,18-6)16(10-4)14-12-8-2/h7-14H2,1-6H3. The Kier molecular flexibility index (Phi) is 10.8. The van der Waals surface area contributed by atoms with E-state index in [4.69, 9.17) is 8.85 Å². The molecule has 0 aromatic heterocycles. The molecule has 0 unspecified atom stereocenters. The van der Waals surface area contributed by atoms with Crippen molar-refractivity contribution in [1.82, 2.24) is 9.13 Å². The number of hydrogen-bond donors (Lipinski definition) is 0. The summed E-state index contributed by atoms with van der Waals surface area (Å²) in [5, 5.41) is 0. The van der Waals surface area contributed by atoms with Gasteiger partial charge >= 0.3 is 8.88 Å². The Labute approximate surface area is 121 Å². The topological polar surface area (TPSA) is 24.9 Å². The van der Waals surface area contributed by atoms with E-state index in [1.807, 2.05) is 0 Å². The molecule has 0 N–H and O–H groups in total. The van der Waals surface area contributed by atoms with Crippen LogP contribution in [0.5, 0.6) is 0 Å². The average molecular weight is 291 g/mol. The summed E-state index contributed by atoms with van der Waals surface area (Å²) in [5.41, 5.74) is 0. The van der Waals surface area contributed by atoms with E-state index in [1.54, 1.807) is 14.2 Å². The lowest BCUT2D eigenvalue weighted by atomic mass is 10.3. The van der Waals surface area contributed by atoms with Crippen LogP contribution in [0.4, 0.5) is 0 Å². The predicted molar refractivity (Wildman–Crippen MR) is 84.1 cm³/mol. The fraction of sp³-hybridized carbons (Fsp3) is 1.00. The zero-order chi connectivity index (χ0) is 14.7. The van der Waals surface area contributed by atoms with Gasteiger partial charge in [0.25, 0.3) is 0 Å². The molecule has 0 heterocycles. The van der Waals surface area contributed by atoms with Gasteiger partial charge in [-0.2, -0.15) is 0 Å². The van der Waals surface area contributed by atoms with E-state index in [9.17, 15) is 0 Å². The van der Waals surface area contributed by atoms with Crippen molar-refractivity contribution in [3.05, 3.63) is 0 Å². The van der Waals surface area contributed by atoms with Gasteiger partial charge in [0.15, 0.2) is 0 Å². The summed E-state index contributed by atoms with van der Waals surface area (Å²) in [4.78, 5) is 0. The van der Waals surface area contributed by atoms with E-state index in [0.717, 1.165) is 26.2 Å². The monoisotopic (exact) mass is 290 g/mol. The highest BCUT2D eigenvalue weighted by atomic mass is 28.4. The molecule has 0 spiro atoms. The first-order chi connectivity index (χ1) is 9.16. The summed E-state index contributed by atoms with van der Waals surface area (Å²) in [5.74, 6) is 0. The normalized spacial score (nSPS) is 12.6. The Balaban J connectivity index is 5.02. The smallest absolute Gasteiger partial charge is 0.374 e. The maximum atomic E-state index is 5.96. The molecule has 5 heteroatoms. The largest absolute Gasteiger partial charge is 0.521 e. The van der Waals surface area contributed by atoms with Crippen LogP contribution in [0.25, 0.3) is 0 Å². The quantitative estimate of drug-likeness (QED) is 0.516. The lowest BCUT2D eigenvalue weighted by Crippen LogP contribution is -2.69. The minimum atomic E-state index is -2.41. The van der Waals surface area contributed by atoms with E-state index in [1.165, 1.54) is 25.7 Å². The van der Waals surface area contributed by atoms with Crippen LogP contribution in [0.3, 0.4) is 0 Å². The second kappa shape index (κ2) is 10.8. The molecule has 0 aliphatic heterocycles. The lowest BCUT2D eigenvalue weighted by molar-refractivity contribution is 0.0953. The van der Waals surface area contributed by atoms with Gasteiger partial charge in [-0.05, 0) is 39.0 Å². The first-order valence-electron chi connectivity index (χ1n) is 7.77. The van der Waals surface area contributed by atoms with Crippen LogP contribution < -0.4 is 0 Å². The van der Waals surface area contributed by atoms with Gasteiger partial charge in [0.1, 0.15) is 0 Å². The average Bonchev–Trinajstić information content (AvgIpc) is 2.46. The van der Waals surface area contributed by atoms with E-state index < -0.39 is 8.88 Å². The Morgan fingerprint density at radius 2 is 1.11 bits per heavy atom. The number of nitrogens with zero attached hydrogens (tertiary/aromatic N) is 2. The molecule has 0 rings (SSSR count). The maximum Gasteiger partial charge on any atom is 0.521 e. The molecule has 0 fully saturated rings. The summed E-state index contributed by atoms with van der Waals surface area (Å²) in [6.45, 7) is 12.9. The van der Waals surface area contributed by atoms with Crippen molar-refractivity contribution in [2.75, 3.05) is 40.4 Å². The first-order valence-corrected chi connectivity index (χ1v) is 9.48. The van der Waals surface area contributed by atoms with Gasteiger partial charge in [0, 0.05) is 14.2 Å². The third kappa shape index (κ3) is 5.15. The Morgan fingerprint density at radius 1 is 0.737 bits per heavy atom. The SMILES string of the molecule is CCCCN(CC)[Si](OC)(OC)N(CC)CCCC. The predicted octanol–water partition coefficient (Wildman–Crippen LogP) is 2.96. The fourth-order valence-corrected chi connectivity index (χ4v) is 5.78. The van der Waals surface area contributed by atoms with Gasteiger partial charge in [-0.25, -0.2) is 0 Å². The van der Waals surface area contributed by atoms with Crippen LogP contribution in [0.2, 0.25) is 0 Å². The maximum absolute atomic E-state index is 5.96. The zero-order valence-electron chi connectivity index (χ0n) is 13.9. The summed E-state index contributed by atoms with van der Waals surface area (Å²) in [7, 11) is 1.20. The molecule has 0 amide bonds.